The number of aliphatic imine (C=N–C) groups is 1. The Bertz CT molecular complexity index is 637. The summed E-state index contributed by atoms with van der Waals surface area (Å²) in [6, 6.07) is 10.4. The Labute approximate surface area is 168 Å². The molecule has 1 aromatic rings. The first kappa shape index (κ1) is 22.2. The lowest BCUT2D eigenvalue weighted by atomic mass is 10.2. The smallest absolute Gasteiger partial charge is 0.191 e. The lowest BCUT2D eigenvalue weighted by Gasteiger charge is -2.19. The van der Waals surface area contributed by atoms with E-state index in [0.29, 0.717) is 12.4 Å². The maximum atomic E-state index is 11.5. The van der Waals surface area contributed by atoms with Crippen molar-refractivity contribution in [3.8, 4) is 0 Å². The van der Waals surface area contributed by atoms with E-state index >= 15 is 0 Å². The Hall–Kier alpha value is -0.870. The molecule has 1 atom stereocenters. The summed E-state index contributed by atoms with van der Waals surface area (Å²) < 4.78 is 23.0. The normalized spacial score (nSPS) is 19.5. The van der Waals surface area contributed by atoms with Gasteiger partial charge in [-0.05, 0) is 32.0 Å². The summed E-state index contributed by atoms with van der Waals surface area (Å²) in [6.07, 6.45) is 1.65. The second-order valence-electron chi connectivity index (χ2n) is 6.32. The zero-order valence-corrected chi connectivity index (χ0v) is 18.1. The van der Waals surface area contributed by atoms with Crippen LogP contribution in [0.5, 0.6) is 0 Å². The van der Waals surface area contributed by atoms with Crippen LogP contribution in [-0.2, 0) is 16.4 Å². The van der Waals surface area contributed by atoms with Crippen LogP contribution in [0, 0.1) is 0 Å². The fourth-order valence-corrected chi connectivity index (χ4v) is 4.50. The largest absolute Gasteiger partial charge is 0.356 e. The molecule has 6 nitrogen and oxygen atoms in total. The van der Waals surface area contributed by atoms with Crippen LogP contribution in [0.3, 0.4) is 0 Å². The van der Waals surface area contributed by atoms with E-state index in [1.807, 2.05) is 6.07 Å². The van der Waals surface area contributed by atoms with Gasteiger partial charge in [-0.2, -0.15) is 0 Å². The molecule has 25 heavy (non-hydrogen) atoms. The number of nitrogens with zero attached hydrogens (tertiary/aromatic N) is 2. The molecule has 0 spiro atoms. The molecule has 1 aromatic carbocycles. The summed E-state index contributed by atoms with van der Waals surface area (Å²) in [5.41, 5.74) is 1.31. The number of hydrogen-bond donors (Lipinski definition) is 2. The molecule has 1 aliphatic rings. The molecule has 0 saturated carbocycles. The van der Waals surface area contributed by atoms with Gasteiger partial charge in [0.05, 0.1) is 11.5 Å². The number of guanidine groups is 1. The van der Waals surface area contributed by atoms with Crippen molar-refractivity contribution < 1.29 is 8.42 Å². The first-order chi connectivity index (χ1) is 11.5. The second kappa shape index (κ2) is 11.0. The van der Waals surface area contributed by atoms with Crippen molar-refractivity contribution >= 4 is 39.8 Å². The molecule has 0 bridgehead atoms. The fourth-order valence-electron chi connectivity index (χ4n) is 2.83. The molecular formula is C17H29IN4O2S. The van der Waals surface area contributed by atoms with E-state index in [4.69, 9.17) is 0 Å². The van der Waals surface area contributed by atoms with Crippen LogP contribution in [0.4, 0.5) is 0 Å². The van der Waals surface area contributed by atoms with E-state index in [0.717, 1.165) is 26.1 Å². The topological polar surface area (TPSA) is 73.8 Å². The van der Waals surface area contributed by atoms with Gasteiger partial charge in [0.15, 0.2) is 15.8 Å². The van der Waals surface area contributed by atoms with Crippen LogP contribution < -0.4 is 10.6 Å². The maximum Gasteiger partial charge on any atom is 0.191 e. The lowest BCUT2D eigenvalue weighted by Crippen LogP contribution is -2.44. The number of benzene rings is 1. The van der Waals surface area contributed by atoms with Gasteiger partial charge in [-0.15, -0.1) is 24.0 Å². The van der Waals surface area contributed by atoms with Crippen LogP contribution in [-0.4, -0.2) is 64.0 Å². The fraction of sp³-hybridized carbons (Fsp3) is 0.588. The highest BCUT2D eigenvalue weighted by Crippen LogP contribution is 2.10. The molecule has 1 unspecified atom stereocenters. The Morgan fingerprint density at radius 1 is 1.32 bits per heavy atom. The highest BCUT2D eigenvalue weighted by atomic mass is 127. The molecular weight excluding hydrogens is 451 g/mol. The standard InChI is InChI=1S/C17H28N4O2S.HI/c1-18-17(20-16-9-12-24(22,23)14-16)19-10-6-11-21(2)13-15-7-4-3-5-8-15;/h3-5,7-8,16H,6,9-14H2,1-2H3,(H2,18,19,20);1H. The molecule has 1 aliphatic heterocycles. The van der Waals surface area contributed by atoms with Crippen molar-refractivity contribution in [2.45, 2.75) is 25.4 Å². The predicted molar refractivity (Wildman–Crippen MR) is 114 cm³/mol. The van der Waals surface area contributed by atoms with E-state index in [1.165, 1.54) is 5.56 Å². The van der Waals surface area contributed by atoms with Gasteiger partial charge < -0.3 is 15.5 Å². The minimum atomic E-state index is -2.87. The molecule has 0 aliphatic carbocycles. The summed E-state index contributed by atoms with van der Waals surface area (Å²) in [5.74, 6) is 1.15. The number of halogens is 1. The van der Waals surface area contributed by atoms with Crippen LogP contribution >= 0.6 is 24.0 Å². The minimum Gasteiger partial charge on any atom is -0.356 e. The van der Waals surface area contributed by atoms with Crippen LogP contribution in [0.2, 0.25) is 0 Å². The van der Waals surface area contributed by atoms with Gasteiger partial charge in [-0.25, -0.2) is 8.42 Å². The average molecular weight is 480 g/mol. The van der Waals surface area contributed by atoms with Gasteiger partial charge in [-0.3, -0.25) is 4.99 Å². The predicted octanol–water partition coefficient (Wildman–Crippen LogP) is 1.48. The Morgan fingerprint density at radius 3 is 2.64 bits per heavy atom. The Balaban J connectivity index is 0.00000312. The van der Waals surface area contributed by atoms with Gasteiger partial charge in [-0.1, -0.05) is 30.3 Å². The minimum absolute atomic E-state index is 0. The quantitative estimate of drug-likeness (QED) is 0.268. The van der Waals surface area contributed by atoms with Crippen molar-refractivity contribution in [2.75, 3.05) is 38.7 Å². The zero-order valence-electron chi connectivity index (χ0n) is 14.9. The van der Waals surface area contributed by atoms with E-state index < -0.39 is 9.84 Å². The highest BCUT2D eigenvalue weighted by Gasteiger charge is 2.28. The molecule has 8 heteroatoms. The third kappa shape index (κ3) is 8.37. The molecule has 2 N–H and O–H groups in total. The average Bonchev–Trinajstić information content (AvgIpc) is 2.90. The summed E-state index contributed by atoms with van der Waals surface area (Å²) >= 11 is 0. The third-order valence-corrected chi connectivity index (χ3v) is 5.87. The van der Waals surface area contributed by atoms with E-state index in [9.17, 15) is 8.42 Å². The Kier molecular flexibility index (Phi) is 9.73. The van der Waals surface area contributed by atoms with Crippen molar-refractivity contribution in [3.05, 3.63) is 35.9 Å². The van der Waals surface area contributed by atoms with Crippen LogP contribution in [0.15, 0.2) is 35.3 Å². The third-order valence-electron chi connectivity index (χ3n) is 4.10. The van der Waals surface area contributed by atoms with E-state index in [-0.39, 0.29) is 41.5 Å². The van der Waals surface area contributed by atoms with Gasteiger partial charge in [0.2, 0.25) is 0 Å². The van der Waals surface area contributed by atoms with Gasteiger partial charge in [0.1, 0.15) is 0 Å². The SMILES string of the molecule is CN=C(NCCCN(C)Cc1ccccc1)NC1CCS(=O)(=O)C1.I. The highest BCUT2D eigenvalue weighted by molar-refractivity contribution is 14.0. The first-order valence-electron chi connectivity index (χ1n) is 8.38. The van der Waals surface area contributed by atoms with Crippen molar-refractivity contribution in [1.82, 2.24) is 15.5 Å². The summed E-state index contributed by atoms with van der Waals surface area (Å²) in [6.45, 7) is 2.72. The number of sulfone groups is 1. The van der Waals surface area contributed by atoms with E-state index in [1.54, 1.807) is 7.05 Å². The molecule has 0 amide bonds. The summed E-state index contributed by atoms with van der Waals surface area (Å²) in [4.78, 5) is 6.46. The molecule has 2 rings (SSSR count). The van der Waals surface area contributed by atoms with Gasteiger partial charge in [0.25, 0.3) is 0 Å². The van der Waals surface area contributed by atoms with Gasteiger partial charge >= 0.3 is 0 Å². The molecule has 1 saturated heterocycles. The summed E-state index contributed by atoms with van der Waals surface area (Å²) in [7, 11) is 0.956. The second-order valence-corrected chi connectivity index (χ2v) is 8.55. The Morgan fingerprint density at radius 2 is 2.04 bits per heavy atom. The van der Waals surface area contributed by atoms with Crippen molar-refractivity contribution in [1.29, 1.82) is 0 Å². The van der Waals surface area contributed by atoms with Gasteiger partial charge in [0, 0.05) is 26.2 Å². The molecule has 1 fully saturated rings. The van der Waals surface area contributed by atoms with Crippen molar-refractivity contribution in [3.63, 3.8) is 0 Å². The lowest BCUT2D eigenvalue weighted by molar-refractivity contribution is 0.322. The maximum absolute atomic E-state index is 11.5. The monoisotopic (exact) mass is 480 g/mol. The molecule has 142 valence electrons. The van der Waals surface area contributed by atoms with Crippen LogP contribution in [0.25, 0.3) is 0 Å². The zero-order chi connectivity index (χ0) is 17.4. The molecule has 0 aromatic heterocycles. The summed E-state index contributed by atoms with van der Waals surface area (Å²) in [5, 5.41) is 6.46. The van der Waals surface area contributed by atoms with E-state index in [2.05, 4.69) is 51.8 Å². The number of nitrogens with one attached hydrogen (secondary N) is 2. The molecule has 0 radical (unpaired) electrons. The van der Waals surface area contributed by atoms with Crippen molar-refractivity contribution in [2.24, 2.45) is 4.99 Å². The van der Waals surface area contributed by atoms with Crippen LogP contribution in [0.1, 0.15) is 18.4 Å². The molecule has 1 heterocycles. The number of rotatable bonds is 7. The first-order valence-corrected chi connectivity index (χ1v) is 10.2. The number of hydrogen-bond acceptors (Lipinski definition) is 4.